The van der Waals surface area contributed by atoms with E-state index in [9.17, 15) is 0 Å². The van der Waals surface area contributed by atoms with E-state index in [2.05, 4.69) is 39.8 Å². The first-order chi connectivity index (χ1) is 6.59. The monoisotopic (exact) mass is 188 g/mol. The van der Waals surface area contributed by atoms with Gasteiger partial charge in [0.25, 0.3) is 0 Å². The minimum absolute atomic E-state index is 0.821. The molecule has 0 nitrogen and oxygen atoms in total. The minimum Gasteiger partial charge on any atom is -0.0625 e. The molecule has 0 heteroatoms. The molecular formula is C14H20. The molecule has 1 aliphatic rings. The molecule has 0 aromatic heterocycles. The fourth-order valence-corrected chi connectivity index (χ4v) is 2.49. The molecule has 1 atom stereocenters. The quantitative estimate of drug-likeness (QED) is 0.630. The van der Waals surface area contributed by atoms with Gasteiger partial charge in [0.2, 0.25) is 0 Å². The number of hydrogen-bond acceptors (Lipinski definition) is 0. The lowest BCUT2D eigenvalue weighted by molar-refractivity contribution is 0.404. The topological polar surface area (TPSA) is 0 Å². The molecule has 0 radical (unpaired) electrons. The van der Waals surface area contributed by atoms with E-state index in [-0.39, 0.29) is 0 Å². The number of benzene rings is 1. The summed E-state index contributed by atoms with van der Waals surface area (Å²) in [5.41, 5.74) is 6.23. The molecular weight excluding hydrogens is 168 g/mol. The molecule has 0 spiro atoms. The van der Waals surface area contributed by atoms with Crippen LogP contribution >= 0.6 is 0 Å². The Kier molecular flexibility index (Phi) is 2.38. The van der Waals surface area contributed by atoms with Crippen molar-refractivity contribution in [2.45, 2.75) is 40.5 Å². The molecule has 1 aliphatic carbocycles. The van der Waals surface area contributed by atoms with E-state index in [1.54, 1.807) is 11.1 Å². The van der Waals surface area contributed by atoms with Crippen LogP contribution in [0.2, 0.25) is 0 Å². The van der Waals surface area contributed by atoms with Crippen LogP contribution in [-0.2, 0) is 12.8 Å². The normalized spacial score (nSPS) is 20.2. The molecule has 1 aromatic rings. The second kappa shape index (κ2) is 3.42. The maximum absolute atomic E-state index is 2.35. The van der Waals surface area contributed by atoms with Crippen LogP contribution in [0.25, 0.3) is 0 Å². The summed E-state index contributed by atoms with van der Waals surface area (Å²) in [4.78, 5) is 0. The summed E-state index contributed by atoms with van der Waals surface area (Å²) in [5.74, 6) is 1.70. The first-order valence-corrected chi connectivity index (χ1v) is 5.67. The first-order valence-electron chi connectivity index (χ1n) is 5.67. The summed E-state index contributed by atoms with van der Waals surface area (Å²) in [7, 11) is 0. The van der Waals surface area contributed by atoms with Crippen LogP contribution in [0.1, 0.15) is 36.1 Å². The number of fused-ring (bicyclic) bond motifs is 1. The number of rotatable bonds is 1. The third kappa shape index (κ3) is 1.47. The molecule has 0 saturated carbocycles. The van der Waals surface area contributed by atoms with Crippen molar-refractivity contribution < 1.29 is 0 Å². The lowest BCUT2D eigenvalue weighted by Crippen LogP contribution is -2.07. The van der Waals surface area contributed by atoms with E-state index >= 15 is 0 Å². The van der Waals surface area contributed by atoms with Gasteiger partial charge in [-0.3, -0.25) is 0 Å². The van der Waals surface area contributed by atoms with Gasteiger partial charge in [-0.05, 0) is 60.8 Å². The standard InChI is InChI=1S/C14H20/c1-9(2)13-7-12-6-5-10(3)11(4)14(12)8-13/h5-6,9,13H,7-8H2,1-4H3/t13-/m1/s1. The van der Waals surface area contributed by atoms with Gasteiger partial charge in [0.1, 0.15) is 0 Å². The Hall–Kier alpha value is -0.780. The fourth-order valence-electron chi connectivity index (χ4n) is 2.49. The van der Waals surface area contributed by atoms with Crippen LogP contribution in [0, 0.1) is 25.7 Å². The highest BCUT2D eigenvalue weighted by Crippen LogP contribution is 2.34. The van der Waals surface area contributed by atoms with Gasteiger partial charge in [0.05, 0.1) is 0 Å². The lowest BCUT2D eigenvalue weighted by Gasteiger charge is -2.12. The minimum atomic E-state index is 0.821. The van der Waals surface area contributed by atoms with Crippen molar-refractivity contribution >= 4 is 0 Å². The highest BCUT2D eigenvalue weighted by Gasteiger charge is 2.25. The highest BCUT2D eigenvalue weighted by atomic mass is 14.3. The van der Waals surface area contributed by atoms with E-state index in [1.807, 2.05) is 0 Å². The lowest BCUT2D eigenvalue weighted by atomic mass is 9.93. The van der Waals surface area contributed by atoms with Crippen LogP contribution in [0.15, 0.2) is 12.1 Å². The average molecular weight is 188 g/mol. The first kappa shape index (κ1) is 9.76. The number of hydrogen-bond donors (Lipinski definition) is 0. The van der Waals surface area contributed by atoms with Crippen molar-refractivity contribution in [1.82, 2.24) is 0 Å². The van der Waals surface area contributed by atoms with Crippen molar-refractivity contribution in [3.8, 4) is 0 Å². The Balaban J connectivity index is 2.36. The predicted octanol–water partition coefficient (Wildman–Crippen LogP) is 3.67. The zero-order valence-electron chi connectivity index (χ0n) is 9.72. The molecule has 1 aromatic carbocycles. The van der Waals surface area contributed by atoms with Gasteiger partial charge in [-0.15, -0.1) is 0 Å². The summed E-state index contributed by atoms with van der Waals surface area (Å²) in [5, 5.41) is 0. The zero-order chi connectivity index (χ0) is 10.3. The molecule has 0 unspecified atom stereocenters. The zero-order valence-corrected chi connectivity index (χ0v) is 9.72. The van der Waals surface area contributed by atoms with Gasteiger partial charge >= 0.3 is 0 Å². The van der Waals surface area contributed by atoms with Gasteiger partial charge in [-0.2, -0.15) is 0 Å². The van der Waals surface area contributed by atoms with E-state index in [4.69, 9.17) is 0 Å². The second-order valence-corrected chi connectivity index (χ2v) is 5.06. The van der Waals surface area contributed by atoms with E-state index in [1.165, 1.54) is 24.0 Å². The molecule has 0 saturated heterocycles. The molecule has 2 rings (SSSR count). The summed E-state index contributed by atoms with van der Waals surface area (Å²) < 4.78 is 0. The van der Waals surface area contributed by atoms with E-state index < -0.39 is 0 Å². The average Bonchev–Trinajstić information content (AvgIpc) is 2.56. The molecule has 76 valence electrons. The Morgan fingerprint density at radius 3 is 2.50 bits per heavy atom. The van der Waals surface area contributed by atoms with E-state index in [0.717, 1.165) is 11.8 Å². The van der Waals surface area contributed by atoms with Gasteiger partial charge in [0, 0.05) is 0 Å². The van der Waals surface area contributed by atoms with Gasteiger partial charge < -0.3 is 0 Å². The molecule has 0 aliphatic heterocycles. The Bertz CT molecular complexity index is 347. The van der Waals surface area contributed by atoms with Crippen LogP contribution < -0.4 is 0 Å². The smallest absolute Gasteiger partial charge is 0.0239 e. The summed E-state index contributed by atoms with van der Waals surface area (Å²) in [6.07, 6.45) is 2.61. The number of aryl methyl sites for hydroxylation is 1. The van der Waals surface area contributed by atoms with Crippen LogP contribution in [0.5, 0.6) is 0 Å². The third-order valence-electron chi connectivity index (χ3n) is 3.86. The summed E-state index contributed by atoms with van der Waals surface area (Å²) >= 11 is 0. The van der Waals surface area contributed by atoms with Crippen molar-refractivity contribution in [3.63, 3.8) is 0 Å². The molecule has 0 heterocycles. The van der Waals surface area contributed by atoms with Crippen molar-refractivity contribution in [1.29, 1.82) is 0 Å². The summed E-state index contributed by atoms with van der Waals surface area (Å²) in [6.45, 7) is 9.19. The van der Waals surface area contributed by atoms with Gasteiger partial charge in [-0.1, -0.05) is 26.0 Å². The van der Waals surface area contributed by atoms with Crippen LogP contribution in [0.3, 0.4) is 0 Å². The predicted molar refractivity (Wildman–Crippen MR) is 61.7 cm³/mol. The molecule has 0 bridgehead atoms. The van der Waals surface area contributed by atoms with Gasteiger partial charge in [-0.25, -0.2) is 0 Å². The van der Waals surface area contributed by atoms with Crippen molar-refractivity contribution in [2.75, 3.05) is 0 Å². The summed E-state index contributed by atoms with van der Waals surface area (Å²) in [6, 6.07) is 4.61. The Morgan fingerprint density at radius 1 is 1.14 bits per heavy atom. The van der Waals surface area contributed by atoms with Crippen molar-refractivity contribution in [2.24, 2.45) is 11.8 Å². The van der Waals surface area contributed by atoms with Crippen LogP contribution in [0.4, 0.5) is 0 Å². The third-order valence-corrected chi connectivity index (χ3v) is 3.86. The largest absolute Gasteiger partial charge is 0.0625 e. The molecule has 0 amide bonds. The SMILES string of the molecule is Cc1ccc2c(c1C)C[C@H](C(C)C)C2. The Morgan fingerprint density at radius 2 is 1.86 bits per heavy atom. The Labute approximate surface area is 87.3 Å². The maximum atomic E-state index is 2.35. The molecule has 0 N–H and O–H groups in total. The maximum Gasteiger partial charge on any atom is -0.0239 e. The second-order valence-electron chi connectivity index (χ2n) is 5.06. The fraction of sp³-hybridized carbons (Fsp3) is 0.571. The highest BCUT2D eigenvalue weighted by molar-refractivity contribution is 5.43. The van der Waals surface area contributed by atoms with E-state index in [0.29, 0.717) is 0 Å². The molecule has 0 fully saturated rings. The molecule has 14 heavy (non-hydrogen) atoms. The van der Waals surface area contributed by atoms with Crippen molar-refractivity contribution in [3.05, 3.63) is 34.4 Å². The van der Waals surface area contributed by atoms with Crippen LogP contribution in [-0.4, -0.2) is 0 Å². The van der Waals surface area contributed by atoms with Gasteiger partial charge in [0.15, 0.2) is 0 Å².